The van der Waals surface area contributed by atoms with Crippen LogP contribution >= 0.6 is 0 Å². The number of aliphatic hydroxyl groups is 1. The first-order valence-corrected chi connectivity index (χ1v) is 21.7. The Balaban J connectivity index is 0.837. The Bertz CT molecular complexity index is 2740. The van der Waals surface area contributed by atoms with Gasteiger partial charge in [0.15, 0.2) is 0 Å². The maximum atomic E-state index is 12.8. The maximum Gasteiger partial charge on any atom is 0.274 e. The summed E-state index contributed by atoms with van der Waals surface area (Å²) in [7, 11) is 1.75. The van der Waals surface area contributed by atoms with Gasteiger partial charge in [0.25, 0.3) is 5.56 Å². The van der Waals surface area contributed by atoms with E-state index in [1.807, 2.05) is 42.6 Å². The molecule has 0 atom stereocenters. The van der Waals surface area contributed by atoms with Gasteiger partial charge in [-0.15, -0.1) is 0 Å². The second-order valence-electron chi connectivity index (χ2n) is 17.9. The average molecular weight is 810 g/mol. The first kappa shape index (κ1) is 40.1. The summed E-state index contributed by atoms with van der Waals surface area (Å²) in [5.41, 5.74) is 10.9. The topological polar surface area (TPSA) is 90.7 Å². The highest BCUT2D eigenvalue weighted by molar-refractivity contribution is 5.99. The second-order valence-corrected chi connectivity index (χ2v) is 17.9. The number of aromatic nitrogens is 2. The molecule has 7 heteroatoms. The van der Waals surface area contributed by atoms with Crippen LogP contribution in [0.15, 0.2) is 145 Å². The van der Waals surface area contributed by atoms with Crippen LogP contribution < -0.4 is 15.2 Å². The lowest BCUT2D eigenvalue weighted by Gasteiger charge is -2.53. The molecule has 1 aliphatic heterocycles. The molecule has 2 aliphatic rings. The van der Waals surface area contributed by atoms with Crippen LogP contribution in [-0.4, -0.2) is 32.9 Å². The Morgan fingerprint density at radius 2 is 1.49 bits per heavy atom. The zero-order chi connectivity index (χ0) is 42.3. The Morgan fingerprint density at radius 3 is 2.15 bits per heavy atom. The van der Waals surface area contributed by atoms with Crippen molar-refractivity contribution >= 4 is 27.7 Å². The highest BCUT2D eigenvalue weighted by Gasteiger charge is 2.45. The first-order valence-electron chi connectivity index (χ1n) is 21.7. The molecule has 7 aromatic rings. The summed E-state index contributed by atoms with van der Waals surface area (Å²) in [4.78, 5) is 18.5. The average Bonchev–Trinajstić information content (AvgIpc) is 3.76. The highest BCUT2D eigenvalue weighted by atomic mass is 16.5. The molecule has 310 valence electrons. The number of phenolic OH excluding ortho intramolecular Hbond substituents is 1. The number of phenols is 1. The summed E-state index contributed by atoms with van der Waals surface area (Å²) < 4.78 is 8.13. The number of piperidine rings is 1. The summed E-state index contributed by atoms with van der Waals surface area (Å²) in [5, 5.41) is 21.7. The molecule has 2 fully saturated rings. The Labute approximate surface area is 358 Å². The number of aromatic hydroxyl groups is 1. The van der Waals surface area contributed by atoms with Gasteiger partial charge in [-0.05, 0) is 157 Å². The van der Waals surface area contributed by atoms with Crippen molar-refractivity contribution in [2.24, 2.45) is 18.4 Å². The number of hydrogen-bond donors (Lipinski definition) is 3. The predicted octanol–water partition coefficient (Wildman–Crippen LogP) is 11.9. The summed E-state index contributed by atoms with van der Waals surface area (Å²) in [6.07, 6.45) is 10.6. The number of aromatic amines is 1. The fraction of sp³-hybridized carbons (Fsp3) is 0.278. The van der Waals surface area contributed by atoms with Gasteiger partial charge in [-0.2, -0.15) is 0 Å². The van der Waals surface area contributed by atoms with Crippen LogP contribution in [0.25, 0.3) is 33.2 Å². The maximum absolute atomic E-state index is 12.8. The van der Waals surface area contributed by atoms with Gasteiger partial charge < -0.3 is 29.4 Å². The van der Waals surface area contributed by atoms with Gasteiger partial charge in [-0.3, -0.25) is 4.79 Å². The smallest absolute Gasteiger partial charge is 0.274 e. The largest absolute Gasteiger partial charge is 0.508 e. The van der Waals surface area contributed by atoms with Crippen molar-refractivity contribution in [3.63, 3.8) is 0 Å². The third kappa shape index (κ3) is 8.15. The molecule has 5 aromatic carbocycles. The molecule has 3 heterocycles. The molecule has 0 radical (unpaired) electrons. The van der Waals surface area contributed by atoms with E-state index >= 15 is 0 Å². The number of fused-ring (bicyclic) bond motifs is 1. The van der Waals surface area contributed by atoms with Crippen LogP contribution in [0.5, 0.6) is 17.2 Å². The van der Waals surface area contributed by atoms with Crippen molar-refractivity contribution in [2.45, 2.75) is 64.9 Å². The molecule has 1 saturated heterocycles. The molecular formula is C54H55N3O4. The second kappa shape index (κ2) is 16.3. The van der Waals surface area contributed by atoms with E-state index in [1.54, 1.807) is 43.8 Å². The number of benzene rings is 5. The SMILES string of the molecule is CC/C(=C(\c1ccc(O)cc1)c1ccc(N2CCC3(CC2)CC(Cc2ccc(Oc4ccc(C(C)(C)O)cc4-c4cn(C)c(=O)c5[nH]ccc45)cc2)C3)cc1)c1ccccc1. The molecule has 1 saturated carbocycles. The van der Waals surface area contributed by atoms with E-state index in [1.165, 1.54) is 59.2 Å². The highest BCUT2D eigenvalue weighted by Crippen LogP contribution is 2.54. The summed E-state index contributed by atoms with van der Waals surface area (Å²) in [5.74, 6) is 2.37. The number of H-pyrrole nitrogens is 1. The van der Waals surface area contributed by atoms with E-state index in [0.717, 1.165) is 59.3 Å². The number of aryl methyl sites for hydroxylation is 1. The molecule has 61 heavy (non-hydrogen) atoms. The van der Waals surface area contributed by atoms with Crippen molar-refractivity contribution < 1.29 is 14.9 Å². The van der Waals surface area contributed by atoms with E-state index < -0.39 is 5.60 Å². The van der Waals surface area contributed by atoms with Gasteiger partial charge in [-0.25, -0.2) is 0 Å². The molecule has 0 unspecified atom stereocenters. The monoisotopic (exact) mass is 809 g/mol. The van der Waals surface area contributed by atoms with E-state index in [-0.39, 0.29) is 11.3 Å². The Morgan fingerprint density at radius 1 is 0.820 bits per heavy atom. The molecule has 0 bridgehead atoms. The predicted molar refractivity (Wildman–Crippen MR) is 248 cm³/mol. The normalized spacial score (nSPS) is 15.8. The van der Waals surface area contributed by atoms with Crippen LogP contribution in [0.3, 0.4) is 0 Å². The number of rotatable bonds is 11. The van der Waals surface area contributed by atoms with Crippen LogP contribution in [-0.2, 0) is 19.1 Å². The van der Waals surface area contributed by atoms with Crippen LogP contribution in [0.2, 0.25) is 0 Å². The fourth-order valence-corrected chi connectivity index (χ4v) is 9.95. The van der Waals surface area contributed by atoms with Gasteiger partial charge in [0, 0.05) is 54.7 Å². The van der Waals surface area contributed by atoms with E-state index in [9.17, 15) is 15.0 Å². The lowest BCUT2D eigenvalue weighted by Crippen LogP contribution is -2.47. The molecule has 1 aliphatic carbocycles. The van der Waals surface area contributed by atoms with E-state index in [2.05, 4.69) is 95.7 Å². The molecule has 1 spiro atoms. The standard InChI is InChI=1S/C54H55N3O4/c1-5-45(38-9-7-6-8-10-38)50(40-15-20-43(58)21-16-40)39-13-18-42(19-14-39)57-29-26-54(27-30-57)33-37(34-54)31-36-11-22-44(23-12-36)61-49-24-17-41(53(2,3)60)32-47(49)48-35-56(4)52(59)51-46(48)25-28-55-51/h6-25,28,32,35,37,55,58,60H,5,26-27,29-31,33-34H2,1-4H3/b50-45+. The molecule has 0 amide bonds. The third-order valence-corrected chi connectivity index (χ3v) is 13.3. The molecule has 9 rings (SSSR count). The number of hydrogen-bond acceptors (Lipinski definition) is 5. The quantitative estimate of drug-likeness (QED) is 0.113. The zero-order valence-corrected chi connectivity index (χ0v) is 35.6. The van der Waals surface area contributed by atoms with Crippen molar-refractivity contribution in [3.05, 3.63) is 178 Å². The fourth-order valence-electron chi connectivity index (χ4n) is 9.95. The minimum atomic E-state index is -1.04. The summed E-state index contributed by atoms with van der Waals surface area (Å²) in [6.45, 7) is 7.92. The Hall–Kier alpha value is -6.31. The van der Waals surface area contributed by atoms with Crippen molar-refractivity contribution in [1.29, 1.82) is 0 Å². The van der Waals surface area contributed by atoms with Crippen molar-refractivity contribution in [3.8, 4) is 28.4 Å². The third-order valence-electron chi connectivity index (χ3n) is 13.3. The van der Waals surface area contributed by atoms with Crippen molar-refractivity contribution in [1.82, 2.24) is 9.55 Å². The van der Waals surface area contributed by atoms with E-state index in [4.69, 9.17) is 4.74 Å². The number of nitrogens with zero attached hydrogens (tertiary/aromatic N) is 2. The van der Waals surface area contributed by atoms with Gasteiger partial charge in [0.1, 0.15) is 22.8 Å². The van der Waals surface area contributed by atoms with Gasteiger partial charge >= 0.3 is 0 Å². The minimum absolute atomic E-state index is 0.0923. The minimum Gasteiger partial charge on any atom is -0.508 e. The molecule has 3 N–H and O–H groups in total. The number of nitrogens with one attached hydrogen (secondary N) is 1. The van der Waals surface area contributed by atoms with Gasteiger partial charge in [-0.1, -0.05) is 79.7 Å². The number of allylic oxidation sites excluding steroid dienone is 1. The zero-order valence-electron chi connectivity index (χ0n) is 35.6. The van der Waals surface area contributed by atoms with Crippen LogP contribution in [0, 0.1) is 11.3 Å². The lowest BCUT2D eigenvalue weighted by molar-refractivity contribution is 0.0283. The molecule has 7 nitrogen and oxygen atoms in total. The number of pyridine rings is 1. The van der Waals surface area contributed by atoms with Crippen molar-refractivity contribution in [2.75, 3.05) is 18.0 Å². The molecular weight excluding hydrogens is 755 g/mol. The molecule has 2 aromatic heterocycles. The summed E-state index contributed by atoms with van der Waals surface area (Å²) >= 11 is 0. The van der Waals surface area contributed by atoms with Gasteiger partial charge in [0.05, 0.1) is 5.60 Å². The van der Waals surface area contributed by atoms with Crippen LogP contribution in [0.4, 0.5) is 5.69 Å². The van der Waals surface area contributed by atoms with E-state index in [0.29, 0.717) is 22.6 Å². The number of anilines is 1. The number of ether oxygens (including phenoxy) is 1. The Kier molecular flexibility index (Phi) is 10.7. The van der Waals surface area contributed by atoms with Gasteiger partial charge in [0.2, 0.25) is 0 Å². The lowest BCUT2D eigenvalue weighted by atomic mass is 9.56. The first-order chi connectivity index (χ1) is 29.5. The summed E-state index contributed by atoms with van der Waals surface area (Å²) in [6, 6.07) is 43.6. The van der Waals surface area contributed by atoms with Crippen LogP contribution in [0.1, 0.15) is 80.7 Å².